The molecule has 3 N–H and O–H groups in total. The predicted octanol–water partition coefficient (Wildman–Crippen LogP) is 4.66. The van der Waals surface area contributed by atoms with E-state index in [9.17, 15) is 5.11 Å². The molecule has 0 bridgehead atoms. The van der Waals surface area contributed by atoms with Crippen LogP contribution in [0.2, 0.25) is 0 Å². The Morgan fingerprint density at radius 3 is 2.33 bits per heavy atom. The van der Waals surface area contributed by atoms with Crippen molar-refractivity contribution in [3.05, 3.63) is 83.4 Å². The van der Waals surface area contributed by atoms with Crippen LogP contribution >= 0.6 is 0 Å². The minimum Gasteiger partial charge on any atom is -0.497 e. The normalized spacial score (nSPS) is 22.4. The number of fused-ring (bicyclic) bond motifs is 3. The first-order valence-electron chi connectivity index (χ1n) is 13.1. The average molecular weight is 536 g/mol. The predicted molar refractivity (Wildman–Crippen MR) is 147 cm³/mol. The third-order valence-electron chi connectivity index (χ3n) is 7.53. The largest absolute Gasteiger partial charge is 0.497 e. The van der Waals surface area contributed by atoms with Crippen molar-refractivity contribution in [3.63, 3.8) is 0 Å². The highest BCUT2D eigenvalue weighted by molar-refractivity contribution is 5.61. The second-order valence-corrected chi connectivity index (χ2v) is 9.60. The minimum absolute atomic E-state index is 0.0619. The van der Waals surface area contributed by atoms with E-state index in [0.717, 1.165) is 36.1 Å². The number of methoxy groups -OCH3 is 3. The number of hydrogen-bond donors (Lipinski definition) is 2. The fourth-order valence-corrected chi connectivity index (χ4v) is 5.83. The standard InChI is InChI=1S/C29H33NO5.C2H4O2/c1-32-22-12-10-21(11-13-22)29-24(20-8-4-3-5-9-20)14-15-28(29,31)27-25(33-2)18-23(19-26(27)35-29)34-17-7-6-16-30;1-4-2-3/h3-5,8-13,18-19,24,31H,6-7,14-17,30H2,1-2H3;2H,1H3. The molecule has 8 heteroatoms. The molecular weight excluding hydrogens is 498 g/mol. The van der Waals surface area contributed by atoms with Gasteiger partial charge in [-0.1, -0.05) is 42.5 Å². The van der Waals surface area contributed by atoms with Crippen molar-refractivity contribution < 1.29 is 33.6 Å². The number of rotatable bonds is 10. The molecule has 2 aliphatic rings. The van der Waals surface area contributed by atoms with E-state index in [0.29, 0.717) is 48.9 Å². The van der Waals surface area contributed by atoms with Gasteiger partial charge in [0.1, 0.15) is 28.6 Å². The zero-order chi connectivity index (χ0) is 27.9. The zero-order valence-electron chi connectivity index (χ0n) is 22.7. The van der Waals surface area contributed by atoms with Gasteiger partial charge < -0.3 is 34.5 Å². The summed E-state index contributed by atoms with van der Waals surface area (Å²) in [6.45, 7) is 1.57. The van der Waals surface area contributed by atoms with Crippen molar-refractivity contribution in [2.24, 2.45) is 5.73 Å². The molecule has 39 heavy (non-hydrogen) atoms. The van der Waals surface area contributed by atoms with Crippen LogP contribution in [0.15, 0.2) is 66.7 Å². The fourth-order valence-electron chi connectivity index (χ4n) is 5.83. The minimum atomic E-state index is -1.28. The van der Waals surface area contributed by atoms with Crippen LogP contribution < -0.4 is 24.7 Å². The highest BCUT2D eigenvalue weighted by Crippen LogP contribution is 2.68. The third kappa shape index (κ3) is 5.14. The van der Waals surface area contributed by atoms with Gasteiger partial charge in [-0.15, -0.1) is 0 Å². The van der Waals surface area contributed by atoms with Crippen molar-refractivity contribution in [2.45, 2.75) is 42.8 Å². The molecular formula is C31H37NO7. The first-order chi connectivity index (χ1) is 19.0. The van der Waals surface area contributed by atoms with Gasteiger partial charge in [-0.3, -0.25) is 4.79 Å². The highest BCUT2D eigenvalue weighted by Gasteiger charge is 2.69. The summed E-state index contributed by atoms with van der Waals surface area (Å²) in [6.07, 6.45) is 3.08. The van der Waals surface area contributed by atoms with Gasteiger partial charge in [0.15, 0.2) is 5.60 Å². The van der Waals surface area contributed by atoms with E-state index in [4.69, 9.17) is 29.5 Å². The van der Waals surface area contributed by atoms with Gasteiger partial charge in [0, 0.05) is 18.1 Å². The first-order valence-corrected chi connectivity index (χ1v) is 13.1. The van der Waals surface area contributed by atoms with E-state index in [1.54, 1.807) is 14.2 Å². The molecule has 0 aromatic heterocycles. The molecule has 0 amide bonds. The maximum atomic E-state index is 12.5. The van der Waals surface area contributed by atoms with Crippen molar-refractivity contribution in [3.8, 4) is 23.0 Å². The van der Waals surface area contributed by atoms with Crippen molar-refractivity contribution >= 4 is 6.47 Å². The van der Waals surface area contributed by atoms with E-state index in [2.05, 4.69) is 16.9 Å². The Kier molecular flexibility index (Phi) is 8.99. The molecule has 8 nitrogen and oxygen atoms in total. The summed E-state index contributed by atoms with van der Waals surface area (Å²) in [5.74, 6) is 2.51. The molecule has 1 aliphatic heterocycles. The summed E-state index contributed by atoms with van der Waals surface area (Å²) in [5.41, 5.74) is 6.03. The Morgan fingerprint density at radius 1 is 1.00 bits per heavy atom. The summed E-state index contributed by atoms with van der Waals surface area (Å²) in [7, 11) is 4.58. The van der Waals surface area contributed by atoms with Gasteiger partial charge in [-0.25, -0.2) is 0 Å². The fraction of sp³-hybridized carbons (Fsp3) is 0.387. The lowest BCUT2D eigenvalue weighted by molar-refractivity contribution is -0.126. The maximum Gasteiger partial charge on any atom is 0.292 e. The molecule has 0 saturated heterocycles. The van der Waals surface area contributed by atoms with Gasteiger partial charge >= 0.3 is 0 Å². The number of carbonyl (C=O) groups is 1. The van der Waals surface area contributed by atoms with E-state index >= 15 is 0 Å². The maximum absolute atomic E-state index is 12.5. The molecule has 3 aromatic rings. The highest BCUT2D eigenvalue weighted by atomic mass is 16.5. The summed E-state index contributed by atoms with van der Waals surface area (Å²) in [4.78, 5) is 8.95. The number of benzene rings is 3. The molecule has 0 spiro atoms. The van der Waals surface area contributed by atoms with Gasteiger partial charge in [0.25, 0.3) is 6.47 Å². The molecule has 208 valence electrons. The van der Waals surface area contributed by atoms with Crippen LogP contribution in [0.3, 0.4) is 0 Å². The van der Waals surface area contributed by atoms with Gasteiger partial charge in [-0.2, -0.15) is 0 Å². The molecule has 1 fully saturated rings. The Morgan fingerprint density at radius 2 is 1.72 bits per heavy atom. The summed E-state index contributed by atoms with van der Waals surface area (Å²) in [6, 6.07) is 21.8. The lowest BCUT2D eigenvalue weighted by Crippen LogP contribution is -2.48. The topological polar surface area (TPSA) is 109 Å². The van der Waals surface area contributed by atoms with Crippen molar-refractivity contribution in [2.75, 3.05) is 34.5 Å². The Bertz CT molecular complexity index is 1230. The molecule has 3 atom stereocenters. The quantitative estimate of drug-likeness (QED) is 0.285. The van der Waals surface area contributed by atoms with Crippen molar-refractivity contribution in [1.29, 1.82) is 0 Å². The second kappa shape index (κ2) is 12.4. The van der Waals surface area contributed by atoms with E-state index in [1.807, 2.05) is 54.6 Å². The molecule has 1 aliphatic carbocycles. The van der Waals surface area contributed by atoms with Crippen LogP contribution in [-0.4, -0.2) is 46.1 Å². The van der Waals surface area contributed by atoms with Crippen LogP contribution in [-0.2, 0) is 20.7 Å². The number of nitrogens with two attached hydrogens (primary N) is 1. The van der Waals surface area contributed by atoms with Crippen molar-refractivity contribution in [1.82, 2.24) is 0 Å². The summed E-state index contributed by atoms with van der Waals surface area (Å²) < 4.78 is 27.9. The lowest BCUT2D eigenvalue weighted by Gasteiger charge is -2.40. The van der Waals surface area contributed by atoms with Gasteiger partial charge in [0.2, 0.25) is 0 Å². The number of unbranched alkanes of at least 4 members (excludes halogenated alkanes) is 1. The van der Waals surface area contributed by atoms with E-state index < -0.39 is 11.2 Å². The molecule has 1 heterocycles. The number of aliphatic hydroxyl groups is 1. The lowest BCUT2D eigenvalue weighted by atomic mass is 9.71. The molecule has 5 rings (SSSR count). The number of ether oxygens (including phenoxy) is 5. The second-order valence-electron chi connectivity index (χ2n) is 9.60. The van der Waals surface area contributed by atoms with Gasteiger partial charge in [-0.05, 0) is 55.5 Å². The molecule has 1 saturated carbocycles. The summed E-state index contributed by atoms with van der Waals surface area (Å²) >= 11 is 0. The van der Waals surface area contributed by atoms with Crippen LogP contribution in [0.25, 0.3) is 0 Å². The van der Waals surface area contributed by atoms with Crippen LogP contribution in [0.1, 0.15) is 48.3 Å². The SMILES string of the molecule is COC=O.COc1ccc(C23Oc4cc(OCCCCN)cc(OC)c4C2(O)CCC3c2ccccc2)cc1. The smallest absolute Gasteiger partial charge is 0.292 e. The van der Waals surface area contributed by atoms with E-state index in [-0.39, 0.29) is 5.92 Å². The first kappa shape index (κ1) is 28.3. The molecule has 3 unspecified atom stereocenters. The average Bonchev–Trinajstić information content (AvgIpc) is 3.42. The van der Waals surface area contributed by atoms with Gasteiger partial charge in [0.05, 0.1) is 33.5 Å². The Labute approximate surface area is 229 Å². The van der Waals surface area contributed by atoms with Crippen LogP contribution in [0.5, 0.6) is 23.0 Å². The third-order valence-corrected chi connectivity index (χ3v) is 7.53. The van der Waals surface area contributed by atoms with E-state index in [1.165, 1.54) is 7.11 Å². The number of carbonyl (C=O) groups excluding carboxylic acids is 1. The molecule has 3 aromatic carbocycles. The van der Waals surface area contributed by atoms with Crippen LogP contribution in [0, 0.1) is 0 Å². The molecule has 0 radical (unpaired) electrons. The monoisotopic (exact) mass is 535 g/mol. The Balaban J connectivity index is 0.000000826. The Hall–Kier alpha value is -3.75. The zero-order valence-corrected chi connectivity index (χ0v) is 22.7. The van der Waals surface area contributed by atoms with Crippen LogP contribution in [0.4, 0.5) is 0 Å². The summed E-state index contributed by atoms with van der Waals surface area (Å²) in [5, 5.41) is 12.5. The number of hydrogen-bond acceptors (Lipinski definition) is 8.